The molecular weight excluding hydrogens is 572 g/mol. The molecule has 0 aliphatic carbocycles. The molecule has 12 nitrogen and oxygen atoms in total. The number of amides is 2. The van der Waals surface area contributed by atoms with Gasteiger partial charge in [-0.3, -0.25) is 14.9 Å². The summed E-state index contributed by atoms with van der Waals surface area (Å²) in [6.45, 7) is 0. The zero-order chi connectivity index (χ0) is 30.3. The fraction of sp³-hybridized carbons (Fsp3) is 0.100. The average molecular weight is 597 g/mol. The summed E-state index contributed by atoms with van der Waals surface area (Å²) < 4.78 is 2.69. The standard InChI is InChI=1S/C30H25ClN8O4/c1-38-29(41)24(20-7-11-23(12-8-20)33-30(42)43)17-26(35-38)25(15-19-5-3-2-4-6-19)34-28(40)14-9-21-16-22(31)10-13-27(21)39-18-32-36-37-39/h2-14,16-18,25,33H,15H2,1H3,(H,34,40)(H,42,43). The van der Waals surface area contributed by atoms with Crippen LogP contribution in [0, 0.1) is 0 Å². The Morgan fingerprint density at radius 1 is 1.05 bits per heavy atom. The number of hydrogen-bond acceptors (Lipinski definition) is 7. The van der Waals surface area contributed by atoms with Crippen molar-refractivity contribution in [2.45, 2.75) is 12.5 Å². The van der Waals surface area contributed by atoms with Gasteiger partial charge in [-0.05, 0) is 70.4 Å². The molecule has 0 spiro atoms. The number of carbonyl (C=O) groups excluding carboxylic acids is 1. The fourth-order valence-electron chi connectivity index (χ4n) is 4.47. The van der Waals surface area contributed by atoms with Crippen LogP contribution in [-0.4, -0.2) is 47.1 Å². The average Bonchev–Trinajstić information content (AvgIpc) is 3.53. The van der Waals surface area contributed by atoms with Crippen molar-refractivity contribution in [3.8, 4) is 16.8 Å². The number of aromatic nitrogens is 6. The van der Waals surface area contributed by atoms with Crippen molar-refractivity contribution in [1.29, 1.82) is 0 Å². The van der Waals surface area contributed by atoms with Crippen LogP contribution in [0.15, 0.2) is 96.1 Å². The van der Waals surface area contributed by atoms with E-state index in [0.29, 0.717) is 45.2 Å². The minimum absolute atomic E-state index is 0.344. The summed E-state index contributed by atoms with van der Waals surface area (Å²) >= 11 is 6.21. The number of hydrogen-bond donors (Lipinski definition) is 3. The SMILES string of the molecule is Cn1nc(C(Cc2ccccc2)NC(=O)C=Cc2cc(Cl)ccc2-n2cnnn2)cc(-c2ccc(NC(=O)O)cc2)c1=O. The number of carbonyl (C=O) groups is 2. The molecule has 2 heterocycles. The van der Waals surface area contributed by atoms with Gasteiger partial charge in [0.15, 0.2) is 0 Å². The van der Waals surface area contributed by atoms with Crippen molar-refractivity contribution in [2.24, 2.45) is 7.05 Å². The smallest absolute Gasteiger partial charge is 0.409 e. The molecule has 2 amide bonds. The highest BCUT2D eigenvalue weighted by molar-refractivity contribution is 6.30. The molecule has 1 atom stereocenters. The van der Waals surface area contributed by atoms with E-state index in [1.807, 2.05) is 30.3 Å². The topological polar surface area (TPSA) is 157 Å². The minimum atomic E-state index is -1.19. The largest absolute Gasteiger partial charge is 0.465 e. The summed E-state index contributed by atoms with van der Waals surface area (Å²) in [7, 11) is 1.54. The monoisotopic (exact) mass is 596 g/mol. The Bertz CT molecular complexity index is 1840. The molecule has 3 N–H and O–H groups in total. The third-order valence-electron chi connectivity index (χ3n) is 6.49. The second-order valence-corrected chi connectivity index (χ2v) is 9.90. The second kappa shape index (κ2) is 12.9. The van der Waals surface area contributed by atoms with Crippen LogP contribution >= 0.6 is 11.6 Å². The maximum absolute atomic E-state index is 13.3. The first kappa shape index (κ1) is 28.9. The molecule has 0 fully saturated rings. The number of carboxylic acid groups (broad SMARTS) is 1. The first-order valence-corrected chi connectivity index (χ1v) is 13.4. The van der Waals surface area contributed by atoms with Crippen molar-refractivity contribution in [2.75, 3.05) is 5.32 Å². The molecule has 0 saturated carbocycles. The molecule has 0 aliphatic rings. The van der Waals surface area contributed by atoms with Crippen molar-refractivity contribution >= 4 is 35.4 Å². The van der Waals surface area contributed by atoms with Crippen LogP contribution < -0.4 is 16.2 Å². The van der Waals surface area contributed by atoms with Crippen molar-refractivity contribution < 1.29 is 14.7 Å². The third-order valence-corrected chi connectivity index (χ3v) is 6.72. The van der Waals surface area contributed by atoms with Gasteiger partial charge in [-0.15, -0.1) is 5.10 Å². The predicted molar refractivity (Wildman–Crippen MR) is 161 cm³/mol. The Balaban J connectivity index is 1.46. The number of rotatable bonds is 9. The van der Waals surface area contributed by atoms with Gasteiger partial charge in [0.25, 0.3) is 5.56 Å². The Kier molecular flexibility index (Phi) is 8.68. The van der Waals surface area contributed by atoms with E-state index in [0.717, 1.165) is 5.56 Å². The number of anilines is 1. The molecule has 0 bridgehead atoms. The molecule has 0 aliphatic heterocycles. The zero-order valence-corrected chi connectivity index (χ0v) is 23.5. The summed E-state index contributed by atoms with van der Waals surface area (Å²) in [5.74, 6) is -0.398. The van der Waals surface area contributed by atoms with Crippen LogP contribution in [0.1, 0.15) is 22.9 Å². The highest BCUT2D eigenvalue weighted by Gasteiger charge is 2.20. The van der Waals surface area contributed by atoms with Crippen LogP contribution in [0.4, 0.5) is 10.5 Å². The summed E-state index contributed by atoms with van der Waals surface area (Å²) in [6, 6.07) is 22.2. The van der Waals surface area contributed by atoms with Gasteiger partial charge in [0.05, 0.1) is 23.0 Å². The van der Waals surface area contributed by atoms with Gasteiger partial charge in [-0.25, -0.2) is 9.48 Å². The van der Waals surface area contributed by atoms with Crippen LogP contribution in [0.25, 0.3) is 22.9 Å². The van der Waals surface area contributed by atoms with E-state index in [2.05, 4.69) is 31.3 Å². The van der Waals surface area contributed by atoms with Crippen LogP contribution in [0.3, 0.4) is 0 Å². The molecule has 1 unspecified atom stereocenters. The summed E-state index contributed by atoms with van der Waals surface area (Å²) in [5.41, 5.74) is 3.62. The molecule has 2 aromatic heterocycles. The molecular formula is C30H25ClN8O4. The molecule has 216 valence electrons. The van der Waals surface area contributed by atoms with E-state index in [1.165, 1.54) is 28.8 Å². The van der Waals surface area contributed by atoms with E-state index in [4.69, 9.17) is 16.7 Å². The van der Waals surface area contributed by atoms with E-state index in [-0.39, 0.29) is 5.56 Å². The lowest BCUT2D eigenvalue weighted by Crippen LogP contribution is -2.32. The lowest BCUT2D eigenvalue weighted by atomic mass is 10.00. The summed E-state index contributed by atoms with van der Waals surface area (Å²) in [4.78, 5) is 37.3. The highest BCUT2D eigenvalue weighted by atomic mass is 35.5. The van der Waals surface area contributed by atoms with E-state index in [1.54, 1.807) is 54.6 Å². The number of tetrazole rings is 1. The Morgan fingerprint density at radius 2 is 1.81 bits per heavy atom. The maximum atomic E-state index is 13.3. The number of benzene rings is 3. The molecule has 43 heavy (non-hydrogen) atoms. The molecule has 5 rings (SSSR count). The van der Waals surface area contributed by atoms with Gasteiger partial charge in [0.1, 0.15) is 6.33 Å². The van der Waals surface area contributed by atoms with Crippen molar-refractivity contribution in [3.63, 3.8) is 0 Å². The zero-order valence-electron chi connectivity index (χ0n) is 22.8. The minimum Gasteiger partial charge on any atom is -0.465 e. The van der Waals surface area contributed by atoms with Gasteiger partial charge in [0, 0.05) is 29.4 Å². The Labute approximate surface area is 250 Å². The molecule has 5 aromatic rings. The van der Waals surface area contributed by atoms with E-state index >= 15 is 0 Å². The normalized spacial score (nSPS) is 11.8. The first-order valence-electron chi connectivity index (χ1n) is 13.0. The number of halogens is 1. The van der Waals surface area contributed by atoms with E-state index < -0.39 is 18.0 Å². The van der Waals surface area contributed by atoms with E-state index in [9.17, 15) is 14.4 Å². The lowest BCUT2D eigenvalue weighted by molar-refractivity contribution is -0.117. The molecule has 0 radical (unpaired) electrons. The predicted octanol–water partition coefficient (Wildman–Crippen LogP) is 4.28. The quantitative estimate of drug-likeness (QED) is 0.213. The number of nitrogens with one attached hydrogen (secondary N) is 2. The maximum Gasteiger partial charge on any atom is 0.409 e. The van der Waals surface area contributed by atoms with Gasteiger partial charge in [0.2, 0.25) is 5.91 Å². The highest BCUT2D eigenvalue weighted by Crippen LogP contribution is 2.24. The molecule has 3 aromatic carbocycles. The third kappa shape index (κ3) is 7.18. The van der Waals surface area contributed by atoms with Crippen molar-refractivity contribution in [1.82, 2.24) is 35.3 Å². The number of aryl methyl sites for hydroxylation is 1. The number of nitrogens with zero attached hydrogens (tertiary/aromatic N) is 6. The Hall–Kier alpha value is -5.62. The van der Waals surface area contributed by atoms with Crippen molar-refractivity contribution in [3.05, 3.63) is 123 Å². The van der Waals surface area contributed by atoms with Gasteiger partial charge < -0.3 is 10.4 Å². The molecule has 13 heteroatoms. The van der Waals surface area contributed by atoms with Crippen LogP contribution in [0.5, 0.6) is 0 Å². The van der Waals surface area contributed by atoms with Gasteiger partial charge >= 0.3 is 6.09 Å². The van der Waals surface area contributed by atoms with Gasteiger partial charge in [-0.1, -0.05) is 54.1 Å². The van der Waals surface area contributed by atoms with Crippen LogP contribution in [0.2, 0.25) is 5.02 Å². The summed E-state index contributed by atoms with van der Waals surface area (Å²) in [5, 5.41) is 30.5. The van der Waals surface area contributed by atoms with Crippen LogP contribution in [-0.2, 0) is 18.3 Å². The summed E-state index contributed by atoms with van der Waals surface area (Å²) in [6.07, 6.45) is 3.65. The lowest BCUT2D eigenvalue weighted by Gasteiger charge is -2.19. The Morgan fingerprint density at radius 3 is 2.51 bits per heavy atom. The fourth-order valence-corrected chi connectivity index (χ4v) is 4.65. The molecule has 0 saturated heterocycles. The van der Waals surface area contributed by atoms with Gasteiger partial charge in [-0.2, -0.15) is 9.78 Å². The first-order chi connectivity index (χ1) is 20.8. The second-order valence-electron chi connectivity index (χ2n) is 9.46.